The fourth-order valence-electron chi connectivity index (χ4n) is 1.88. The van der Waals surface area contributed by atoms with Gasteiger partial charge in [-0.1, -0.05) is 34.1 Å². The summed E-state index contributed by atoms with van der Waals surface area (Å²) in [6.07, 6.45) is -0.638. The first-order chi connectivity index (χ1) is 10.6. The highest BCUT2D eigenvalue weighted by Gasteiger charge is 2.17. The Bertz CT molecular complexity index is 645. The summed E-state index contributed by atoms with van der Waals surface area (Å²) in [5.41, 5.74) is 0.716. The Balaban J connectivity index is 2.02. The first-order valence-electron chi connectivity index (χ1n) is 7.05. The summed E-state index contributed by atoms with van der Waals surface area (Å²) in [6.45, 7) is 4.15. The van der Waals surface area contributed by atoms with Crippen LogP contribution in [0.4, 0.5) is 5.69 Å². The Labute approximate surface area is 138 Å². The summed E-state index contributed by atoms with van der Waals surface area (Å²) in [7, 11) is 0. The highest BCUT2D eigenvalue weighted by atomic mass is 79.9. The molecule has 0 fully saturated rings. The summed E-state index contributed by atoms with van der Waals surface area (Å²) in [4.78, 5) is 12.2. The van der Waals surface area contributed by atoms with Gasteiger partial charge in [-0.25, -0.2) is 0 Å². The molecule has 1 N–H and O–H groups in total. The fourth-order valence-corrected chi connectivity index (χ4v) is 2.28. The molecule has 0 aromatic heterocycles. The van der Waals surface area contributed by atoms with Gasteiger partial charge in [-0.2, -0.15) is 0 Å². The number of benzene rings is 2. The molecule has 0 aliphatic rings. The molecule has 0 bridgehead atoms. The first kappa shape index (κ1) is 16.4. The summed E-state index contributed by atoms with van der Waals surface area (Å²) in [5.74, 6) is 0.970. The van der Waals surface area contributed by atoms with E-state index in [0.717, 1.165) is 4.47 Å². The molecule has 0 spiro atoms. The molecule has 1 unspecified atom stereocenters. The molecule has 2 aromatic rings. The van der Waals surface area contributed by atoms with Gasteiger partial charge in [-0.3, -0.25) is 4.79 Å². The normalized spacial score (nSPS) is 11.6. The van der Waals surface area contributed by atoms with Gasteiger partial charge in [0.25, 0.3) is 5.91 Å². The van der Waals surface area contributed by atoms with Crippen LogP contribution in [0.2, 0.25) is 0 Å². The van der Waals surface area contributed by atoms with Gasteiger partial charge in [-0.05, 0) is 44.2 Å². The van der Waals surface area contributed by atoms with E-state index in [2.05, 4.69) is 21.2 Å². The van der Waals surface area contributed by atoms with Crippen LogP contribution in [-0.4, -0.2) is 18.6 Å². The van der Waals surface area contributed by atoms with Crippen LogP contribution in [-0.2, 0) is 4.79 Å². The van der Waals surface area contributed by atoms with E-state index in [4.69, 9.17) is 9.47 Å². The standard InChI is InChI=1S/C17H18BrNO3/c1-3-21-15-9-4-5-10-16(15)22-12(2)17(20)19-14-8-6-7-13(18)11-14/h4-12H,3H2,1-2H3,(H,19,20). The number of anilines is 1. The minimum absolute atomic E-state index is 0.218. The zero-order valence-electron chi connectivity index (χ0n) is 12.5. The molecular formula is C17H18BrNO3. The van der Waals surface area contributed by atoms with Crippen molar-refractivity contribution >= 4 is 27.5 Å². The summed E-state index contributed by atoms with van der Waals surface area (Å²) >= 11 is 3.37. The van der Waals surface area contributed by atoms with E-state index in [1.807, 2.05) is 49.4 Å². The van der Waals surface area contributed by atoms with Crippen molar-refractivity contribution in [2.45, 2.75) is 20.0 Å². The van der Waals surface area contributed by atoms with Crippen LogP contribution >= 0.6 is 15.9 Å². The Morgan fingerprint density at radius 2 is 1.91 bits per heavy atom. The number of nitrogens with one attached hydrogen (secondary N) is 1. The molecule has 0 aliphatic heterocycles. The molecular weight excluding hydrogens is 346 g/mol. The second-order valence-electron chi connectivity index (χ2n) is 4.64. The van der Waals surface area contributed by atoms with Crippen molar-refractivity contribution < 1.29 is 14.3 Å². The summed E-state index contributed by atoms with van der Waals surface area (Å²) in [5, 5.41) is 2.82. The Morgan fingerprint density at radius 1 is 1.18 bits per heavy atom. The third kappa shape index (κ3) is 4.49. The van der Waals surface area contributed by atoms with Gasteiger partial charge in [0.05, 0.1) is 6.61 Å². The van der Waals surface area contributed by atoms with Crippen molar-refractivity contribution in [3.8, 4) is 11.5 Å². The van der Waals surface area contributed by atoms with Gasteiger partial charge in [0.2, 0.25) is 0 Å². The lowest BCUT2D eigenvalue weighted by atomic mass is 10.3. The van der Waals surface area contributed by atoms with E-state index >= 15 is 0 Å². The number of halogens is 1. The predicted octanol–water partition coefficient (Wildman–Crippen LogP) is 4.25. The number of carbonyl (C=O) groups excluding carboxylic acids is 1. The maximum absolute atomic E-state index is 12.2. The second kappa shape index (κ2) is 7.84. The Kier molecular flexibility index (Phi) is 5.83. The summed E-state index contributed by atoms with van der Waals surface area (Å²) in [6, 6.07) is 14.7. The van der Waals surface area contributed by atoms with Gasteiger partial charge >= 0.3 is 0 Å². The van der Waals surface area contributed by atoms with Crippen molar-refractivity contribution in [1.82, 2.24) is 0 Å². The zero-order valence-corrected chi connectivity index (χ0v) is 14.1. The average Bonchev–Trinajstić information content (AvgIpc) is 2.49. The lowest BCUT2D eigenvalue weighted by molar-refractivity contribution is -0.122. The van der Waals surface area contributed by atoms with Crippen molar-refractivity contribution in [2.75, 3.05) is 11.9 Å². The average molecular weight is 364 g/mol. The van der Waals surface area contributed by atoms with E-state index < -0.39 is 6.10 Å². The predicted molar refractivity (Wildman–Crippen MR) is 90.5 cm³/mol. The number of hydrogen-bond acceptors (Lipinski definition) is 3. The topological polar surface area (TPSA) is 47.6 Å². The molecule has 116 valence electrons. The van der Waals surface area contributed by atoms with Crippen LogP contribution in [0.1, 0.15) is 13.8 Å². The molecule has 5 heteroatoms. The maximum Gasteiger partial charge on any atom is 0.265 e. The van der Waals surface area contributed by atoms with Gasteiger partial charge in [0.1, 0.15) is 0 Å². The van der Waals surface area contributed by atoms with Crippen molar-refractivity contribution in [3.63, 3.8) is 0 Å². The molecule has 22 heavy (non-hydrogen) atoms. The third-order valence-electron chi connectivity index (χ3n) is 2.91. The lowest BCUT2D eigenvalue weighted by Crippen LogP contribution is -2.30. The van der Waals surface area contributed by atoms with Crippen LogP contribution in [0.15, 0.2) is 53.0 Å². The smallest absolute Gasteiger partial charge is 0.265 e. The number of ether oxygens (including phenoxy) is 2. The summed E-state index contributed by atoms with van der Waals surface area (Å²) < 4.78 is 12.1. The van der Waals surface area contributed by atoms with Gasteiger partial charge in [-0.15, -0.1) is 0 Å². The third-order valence-corrected chi connectivity index (χ3v) is 3.41. The van der Waals surface area contributed by atoms with Crippen LogP contribution in [0.5, 0.6) is 11.5 Å². The van der Waals surface area contributed by atoms with E-state index in [1.165, 1.54) is 0 Å². The second-order valence-corrected chi connectivity index (χ2v) is 5.56. The maximum atomic E-state index is 12.2. The zero-order chi connectivity index (χ0) is 15.9. The van der Waals surface area contributed by atoms with Gasteiger partial charge in [0, 0.05) is 10.2 Å². The minimum Gasteiger partial charge on any atom is -0.490 e. The van der Waals surface area contributed by atoms with Crippen LogP contribution < -0.4 is 14.8 Å². The molecule has 0 saturated carbocycles. The molecule has 0 heterocycles. The Morgan fingerprint density at radius 3 is 2.59 bits per heavy atom. The van der Waals surface area contributed by atoms with Crippen LogP contribution in [0.25, 0.3) is 0 Å². The number of para-hydroxylation sites is 2. The van der Waals surface area contributed by atoms with E-state index in [-0.39, 0.29) is 5.91 Å². The SMILES string of the molecule is CCOc1ccccc1OC(C)C(=O)Nc1cccc(Br)c1. The van der Waals surface area contributed by atoms with Crippen LogP contribution in [0, 0.1) is 0 Å². The Hall–Kier alpha value is -2.01. The number of amides is 1. The highest BCUT2D eigenvalue weighted by Crippen LogP contribution is 2.27. The molecule has 4 nitrogen and oxygen atoms in total. The number of rotatable bonds is 6. The molecule has 1 atom stereocenters. The quantitative estimate of drug-likeness (QED) is 0.834. The molecule has 0 radical (unpaired) electrons. The largest absolute Gasteiger partial charge is 0.490 e. The van der Waals surface area contributed by atoms with Crippen molar-refractivity contribution in [1.29, 1.82) is 0 Å². The number of hydrogen-bond donors (Lipinski definition) is 1. The van der Waals surface area contributed by atoms with Gasteiger partial charge < -0.3 is 14.8 Å². The van der Waals surface area contributed by atoms with Crippen LogP contribution in [0.3, 0.4) is 0 Å². The van der Waals surface area contributed by atoms with Crippen molar-refractivity contribution in [3.05, 3.63) is 53.0 Å². The van der Waals surface area contributed by atoms with Crippen molar-refractivity contribution in [2.24, 2.45) is 0 Å². The highest BCUT2D eigenvalue weighted by molar-refractivity contribution is 9.10. The molecule has 0 saturated heterocycles. The molecule has 0 aliphatic carbocycles. The number of carbonyl (C=O) groups is 1. The molecule has 2 aromatic carbocycles. The van der Waals surface area contributed by atoms with E-state index in [9.17, 15) is 4.79 Å². The van der Waals surface area contributed by atoms with Gasteiger partial charge in [0.15, 0.2) is 17.6 Å². The first-order valence-corrected chi connectivity index (χ1v) is 7.84. The molecule has 2 rings (SSSR count). The van der Waals surface area contributed by atoms with E-state index in [0.29, 0.717) is 23.8 Å². The monoisotopic (exact) mass is 363 g/mol. The fraction of sp³-hybridized carbons (Fsp3) is 0.235. The minimum atomic E-state index is -0.638. The van der Waals surface area contributed by atoms with E-state index in [1.54, 1.807) is 13.0 Å². The lowest BCUT2D eigenvalue weighted by Gasteiger charge is -2.17. The molecule has 1 amide bonds.